The number of nitrogens with one attached hydrogen (secondary N) is 2. The molecule has 4 nitrogen and oxygen atoms in total. The highest BCUT2D eigenvalue weighted by Gasteiger charge is 2.10. The molecule has 0 radical (unpaired) electrons. The van der Waals surface area contributed by atoms with E-state index in [-0.39, 0.29) is 17.5 Å². The van der Waals surface area contributed by atoms with E-state index in [0.717, 1.165) is 25.8 Å². The van der Waals surface area contributed by atoms with Crippen LogP contribution in [0.2, 0.25) is 0 Å². The highest BCUT2D eigenvalue weighted by molar-refractivity contribution is 5.97. The van der Waals surface area contributed by atoms with Gasteiger partial charge in [0, 0.05) is 18.8 Å². The van der Waals surface area contributed by atoms with Gasteiger partial charge in [-0.25, -0.2) is 0 Å². The van der Waals surface area contributed by atoms with Gasteiger partial charge in [0.15, 0.2) is 0 Å². The van der Waals surface area contributed by atoms with Crippen LogP contribution < -0.4 is 10.6 Å². The maximum atomic E-state index is 11.8. The maximum absolute atomic E-state index is 11.8. The van der Waals surface area contributed by atoms with Crippen LogP contribution in [0.25, 0.3) is 0 Å². The highest BCUT2D eigenvalue weighted by atomic mass is 16.1. The number of nitriles is 1. The van der Waals surface area contributed by atoms with Crippen molar-refractivity contribution >= 4 is 5.91 Å². The maximum Gasteiger partial charge on any atom is 0.263 e. The molecule has 0 aliphatic carbocycles. The van der Waals surface area contributed by atoms with Crippen molar-refractivity contribution in [1.82, 2.24) is 10.6 Å². The molecule has 0 saturated carbocycles. The highest BCUT2D eigenvalue weighted by Crippen LogP contribution is 2.01. The molecule has 1 rings (SSSR count). The second-order valence-electron chi connectivity index (χ2n) is 5.00. The third-order valence-corrected chi connectivity index (χ3v) is 3.23. The summed E-state index contributed by atoms with van der Waals surface area (Å²) in [7, 11) is 0. The van der Waals surface area contributed by atoms with Crippen molar-refractivity contribution in [3.05, 3.63) is 47.7 Å². The van der Waals surface area contributed by atoms with E-state index >= 15 is 0 Å². The molecule has 1 aromatic carbocycles. The summed E-state index contributed by atoms with van der Waals surface area (Å²) >= 11 is 0. The average Bonchev–Trinajstić information content (AvgIpc) is 2.51. The summed E-state index contributed by atoms with van der Waals surface area (Å²) < 4.78 is 0. The van der Waals surface area contributed by atoms with Crippen molar-refractivity contribution in [1.29, 1.82) is 5.26 Å². The van der Waals surface area contributed by atoms with Crippen molar-refractivity contribution in [2.75, 3.05) is 6.54 Å². The van der Waals surface area contributed by atoms with Gasteiger partial charge in [0.2, 0.25) is 0 Å². The predicted molar refractivity (Wildman–Crippen MR) is 84.4 cm³/mol. The lowest BCUT2D eigenvalue weighted by molar-refractivity contribution is -0.117. The minimum absolute atomic E-state index is 0.0762. The second kappa shape index (κ2) is 9.60. The van der Waals surface area contributed by atoms with Crippen LogP contribution >= 0.6 is 0 Å². The Balaban J connectivity index is 2.33. The molecule has 1 amide bonds. The zero-order valence-electron chi connectivity index (χ0n) is 12.7. The summed E-state index contributed by atoms with van der Waals surface area (Å²) in [6, 6.07) is 12.2. The molecule has 0 aliphatic rings. The zero-order valence-corrected chi connectivity index (χ0v) is 12.7. The first-order chi connectivity index (χ1) is 10.2. The molecule has 0 aliphatic heterocycles. The van der Waals surface area contributed by atoms with Gasteiger partial charge in [0.1, 0.15) is 11.6 Å². The minimum atomic E-state index is -0.317. The van der Waals surface area contributed by atoms with E-state index in [1.165, 1.54) is 11.8 Å². The predicted octanol–water partition coefficient (Wildman–Crippen LogP) is 2.53. The molecule has 0 saturated heterocycles. The molecular weight excluding hydrogens is 262 g/mol. The first kappa shape index (κ1) is 16.8. The third-order valence-electron chi connectivity index (χ3n) is 3.23. The lowest BCUT2D eigenvalue weighted by Crippen LogP contribution is -2.33. The molecule has 0 fully saturated rings. The molecule has 0 spiro atoms. The van der Waals surface area contributed by atoms with Gasteiger partial charge in [-0.1, -0.05) is 37.3 Å². The molecule has 4 heteroatoms. The van der Waals surface area contributed by atoms with Gasteiger partial charge < -0.3 is 10.6 Å². The Morgan fingerprint density at radius 1 is 1.38 bits per heavy atom. The fraction of sp³-hybridized carbons (Fsp3) is 0.412. The molecule has 2 N–H and O–H groups in total. The Hall–Kier alpha value is -2.28. The van der Waals surface area contributed by atoms with Gasteiger partial charge >= 0.3 is 0 Å². The Kier molecular flexibility index (Phi) is 7.67. The average molecular weight is 285 g/mol. The first-order valence-corrected chi connectivity index (χ1v) is 7.35. The van der Waals surface area contributed by atoms with E-state index in [4.69, 9.17) is 5.26 Å². The Bertz CT molecular complexity index is 503. The number of aryl methyl sites for hydroxylation is 1. The number of hydrogen-bond donors (Lipinski definition) is 2. The topological polar surface area (TPSA) is 64.9 Å². The summed E-state index contributed by atoms with van der Waals surface area (Å²) in [6.07, 6.45) is 4.27. The normalized spacial score (nSPS) is 12.3. The largest absolute Gasteiger partial charge is 0.390 e. The van der Waals surface area contributed by atoms with Crippen molar-refractivity contribution < 1.29 is 4.79 Å². The summed E-state index contributed by atoms with van der Waals surface area (Å²) in [6.45, 7) is 4.64. The quantitative estimate of drug-likeness (QED) is 0.438. The van der Waals surface area contributed by atoms with Gasteiger partial charge in [0.25, 0.3) is 5.91 Å². The lowest BCUT2D eigenvalue weighted by atomic mass is 10.1. The monoisotopic (exact) mass is 285 g/mol. The standard InChI is InChI=1S/C17H23N3O/c1-3-14(2)20-17(21)16(12-18)13-19-11-7-10-15-8-5-4-6-9-15/h4-6,8-9,13-14,19H,3,7,10-11H2,1-2H3,(H,20,21)/b16-13-. The number of amides is 1. The zero-order chi connectivity index (χ0) is 15.5. The molecule has 1 unspecified atom stereocenters. The van der Waals surface area contributed by atoms with E-state index in [1.54, 1.807) is 0 Å². The van der Waals surface area contributed by atoms with Crippen molar-refractivity contribution in [2.24, 2.45) is 0 Å². The van der Waals surface area contributed by atoms with Gasteiger partial charge in [0.05, 0.1) is 0 Å². The number of carbonyl (C=O) groups excluding carboxylic acids is 1. The minimum Gasteiger partial charge on any atom is -0.390 e. The Labute approximate surface area is 126 Å². The second-order valence-corrected chi connectivity index (χ2v) is 5.00. The fourth-order valence-electron chi connectivity index (χ4n) is 1.77. The van der Waals surface area contributed by atoms with Crippen LogP contribution in [-0.2, 0) is 11.2 Å². The van der Waals surface area contributed by atoms with E-state index in [0.29, 0.717) is 0 Å². The van der Waals surface area contributed by atoms with Crippen LogP contribution in [-0.4, -0.2) is 18.5 Å². The third kappa shape index (κ3) is 6.62. The Morgan fingerprint density at radius 2 is 2.10 bits per heavy atom. The molecule has 112 valence electrons. The number of rotatable bonds is 8. The van der Waals surface area contributed by atoms with Crippen molar-refractivity contribution in [3.63, 3.8) is 0 Å². The molecule has 21 heavy (non-hydrogen) atoms. The molecule has 0 bridgehead atoms. The van der Waals surface area contributed by atoms with Crippen LogP contribution in [0.3, 0.4) is 0 Å². The van der Waals surface area contributed by atoms with E-state index < -0.39 is 0 Å². The lowest BCUT2D eigenvalue weighted by Gasteiger charge is -2.10. The fourth-order valence-corrected chi connectivity index (χ4v) is 1.77. The number of benzene rings is 1. The summed E-state index contributed by atoms with van der Waals surface area (Å²) in [5.41, 5.74) is 1.41. The van der Waals surface area contributed by atoms with Crippen molar-refractivity contribution in [2.45, 2.75) is 39.2 Å². The van der Waals surface area contributed by atoms with E-state index in [9.17, 15) is 4.79 Å². The number of nitrogens with zero attached hydrogens (tertiary/aromatic N) is 1. The van der Waals surface area contributed by atoms with Gasteiger partial charge in [-0.3, -0.25) is 4.79 Å². The van der Waals surface area contributed by atoms with Gasteiger partial charge in [-0.05, 0) is 31.7 Å². The summed E-state index contributed by atoms with van der Waals surface area (Å²) in [4.78, 5) is 11.8. The molecular formula is C17H23N3O. The van der Waals surface area contributed by atoms with E-state index in [1.807, 2.05) is 38.1 Å². The van der Waals surface area contributed by atoms with Crippen molar-refractivity contribution in [3.8, 4) is 6.07 Å². The summed E-state index contributed by atoms with van der Waals surface area (Å²) in [5.74, 6) is -0.317. The van der Waals surface area contributed by atoms with Crippen LogP contribution in [0.15, 0.2) is 42.1 Å². The van der Waals surface area contributed by atoms with E-state index in [2.05, 4.69) is 22.8 Å². The number of carbonyl (C=O) groups is 1. The first-order valence-electron chi connectivity index (χ1n) is 7.35. The van der Waals surface area contributed by atoms with Crippen LogP contribution in [0, 0.1) is 11.3 Å². The van der Waals surface area contributed by atoms with Crippen LogP contribution in [0.4, 0.5) is 0 Å². The van der Waals surface area contributed by atoms with Gasteiger partial charge in [-0.2, -0.15) is 5.26 Å². The molecule has 0 heterocycles. The van der Waals surface area contributed by atoms with Gasteiger partial charge in [-0.15, -0.1) is 0 Å². The summed E-state index contributed by atoms with van der Waals surface area (Å²) in [5, 5.41) is 14.8. The Morgan fingerprint density at radius 3 is 2.71 bits per heavy atom. The molecule has 1 atom stereocenters. The van der Waals surface area contributed by atoms with Crippen LogP contribution in [0.1, 0.15) is 32.3 Å². The molecule has 1 aromatic rings. The van der Waals surface area contributed by atoms with Crippen LogP contribution in [0.5, 0.6) is 0 Å². The number of hydrogen-bond acceptors (Lipinski definition) is 3. The molecule has 0 aromatic heterocycles. The smallest absolute Gasteiger partial charge is 0.263 e. The SMILES string of the molecule is CCC(C)NC(=O)/C(C#N)=C\NCCCc1ccccc1.